The Morgan fingerprint density at radius 1 is 1.36 bits per heavy atom. The Labute approximate surface area is 146 Å². The summed E-state index contributed by atoms with van der Waals surface area (Å²) < 4.78 is 2.15. The number of hydrogen-bond donors (Lipinski definition) is 2. The maximum atomic E-state index is 12.3. The number of nitrogens with one attached hydrogen (secondary N) is 1. The van der Waals surface area contributed by atoms with Crippen molar-refractivity contribution >= 4 is 23.0 Å². The summed E-state index contributed by atoms with van der Waals surface area (Å²) in [4.78, 5) is 29.8. The summed E-state index contributed by atoms with van der Waals surface area (Å²) in [5.74, 6) is 0.0975. The number of carbonyl (C=O) groups excluding carboxylic acids is 1. The zero-order valence-electron chi connectivity index (χ0n) is 14.7. The van der Waals surface area contributed by atoms with Crippen LogP contribution in [-0.4, -0.2) is 51.2 Å². The first kappa shape index (κ1) is 17.3. The van der Waals surface area contributed by atoms with Crippen molar-refractivity contribution in [3.05, 3.63) is 30.1 Å². The third-order valence-electron chi connectivity index (χ3n) is 4.95. The van der Waals surface area contributed by atoms with E-state index in [1.54, 1.807) is 11.8 Å². The predicted octanol–water partition coefficient (Wildman–Crippen LogP) is 2.10. The molecule has 1 aliphatic heterocycles. The van der Waals surface area contributed by atoms with E-state index < -0.39 is 11.4 Å². The van der Waals surface area contributed by atoms with Crippen LogP contribution in [0.3, 0.4) is 0 Å². The van der Waals surface area contributed by atoms with E-state index >= 15 is 0 Å². The largest absolute Gasteiger partial charge is 0.481 e. The molecule has 1 aliphatic rings. The Bertz CT molecular complexity index is 801. The average Bonchev–Trinajstić information content (AvgIpc) is 3.16. The number of aliphatic carboxylic acids is 1. The molecule has 134 valence electrons. The number of urea groups is 1. The Balaban J connectivity index is 1.58. The molecule has 1 aromatic carbocycles. The topological polar surface area (TPSA) is 87.5 Å². The van der Waals surface area contributed by atoms with Crippen LogP contribution in [0.1, 0.15) is 26.1 Å². The van der Waals surface area contributed by atoms with Crippen molar-refractivity contribution < 1.29 is 14.7 Å². The standard InChI is InChI=1S/C18H24N4O3/c1-3-22-14-7-5-4-6-13(14)20-15(22)8-10-19-17(25)21-11-9-18(2,12-21)16(23)24/h4-7H,3,8-12H2,1-2H3,(H,19,25)(H,23,24). The predicted molar refractivity (Wildman–Crippen MR) is 94.4 cm³/mol. The van der Waals surface area contributed by atoms with Crippen LogP contribution in [0.5, 0.6) is 0 Å². The highest BCUT2D eigenvalue weighted by molar-refractivity contribution is 5.79. The van der Waals surface area contributed by atoms with Crippen molar-refractivity contribution in [3.8, 4) is 0 Å². The molecule has 25 heavy (non-hydrogen) atoms. The molecule has 2 aromatic rings. The minimum Gasteiger partial charge on any atom is -0.481 e. The molecule has 1 aromatic heterocycles. The van der Waals surface area contributed by atoms with E-state index in [-0.39, 0.29) is 12.6 Å². The Morgan fingerprint density at radius 3 is 2.80 bits per heavy atom. The SMILES string of the molecule is CCn1c(CCNC(=O)N2CCC(C)(C(=O)O)C2)nc2ccccc21. The lowest BCUT2D eigenvalue weighted by Gasteiger charge is -2.20. The number of imidazole rings is 1. The van der Waals surface area contributed by atoms with Gasteiger partial charge in [-0.15, -0.1) is 0 Å². The van der Waals surface area contributed by atoms with Gasteiger partial charge in [0, 0.05) is 32.6 Å². The van der Waals surface area contributed by atoms with Gasteiger partial charge < -0.3 is 19.9 Å². The first-order valence-electron chi connectivity index (χ1n) is 8.65. The van der Waals surface area contributed by atoms with Gasteiger partial charge in [0.1, 0.15) is 5.82 Å². The molecule has 2 N–H and O–H groups in total. The lowest BCUT2D eigenvalue weighted by molar-refractivity contribution is -0.146. The van der Waals surface area contributed by atoms with Crippen molar-refractivity contribution in [1.29, 1.82) is 0 Å². The highest BCUT2D eigenvalue weighted by Crippen LogP contribution is 2.29. The fraction of sp³-hybridized carbons (Fsp3) is 0.500. The van der Waals surface area contributed by atoms with E-state index in [0.717, 1.165) is 23.4 Å². The molecule has 7 nitrogen and oxygen atoms in total. The van der Waals surface area contributed by atoms with Gasteiger partial charge in [-0.1, -0.05) is 12.1 Å². The molecule has 7 heteroatoms. The molecule has 0 spiro atoms. The lowest BCUT2D eigenvalue weighted by atomic mass is 9.90. The zero-order chi connectivity index (χ0) is 18.0. The summed E-state index contributed by atoms with van der Waals surface area (Å²) in [6.07, 6.45) is 1.12. The number of carbonyl (C=O) groups is 2. The van der Waals surface area contributed by atoms with Crippen LogP contribution < -0.4 is 5.32 Å². The normalized spacial score (nSPS) is 20.2. The van der Waals surface area contributed by atoms with E-state index in [9.17, 15) is 14.7 Å². The monoisotopic (exact) mass is 344 g/mol. The van der Waals surface area contributed by atoms with Gasteiger partial charge in [-0.3, -0.25) is 4.79 Å². The smallest absolute Gasteiger partial charge is 0.317 e. The second-order valence-electron chi connectivity index (χ2n) is 6.78. The molecule has 1 fully saturated rings. The number of benzene rings is 1. The number of amides is 2. The van der Waals surface area contributed by atoms with E-state index in [1.165, 1.54) is 0 Å². The summed E-state index contributed by atoms with van der Waals surface area (Å²) in [6.45, 7) is 5.79. The number of rotatable bonds is 5. The molecular weight excluding hydrogens is 320 g/mol. The minimum atomic E-state index is -0.848. The van der Waals surface area contributed by atoms with Crippen molar-refractivity contribution in [2.75, 3.05) is 19.6 Å². The molecule has 2 heterocycles. The Kier molecular flexibility index (Phi) is 4.65. The van der Waals surface area contributed by atoms with Crippen molar-refractivity contribution in [2.45, 2.75) is 33.2 Å². The van der Waals surface area contributed by atoms with Crippen molar-refractivity contribution in [1.82, 2.24) is 19.8 Å². The second-order valence-corrected chi connectivity index (χ2v) is 6.78. The number of para-hydroxylation sites is 2. The molecule has 1 unspecified atom stereocenters. The third-order valence-corrected chi connectivity index (χ3v) is 4.95. The van der Waals surface area contributed by atoms with E-state index in [1.807, 2.05) is 24.3 Å². The lowest BCUT2D eigenvalue weighted by Crippen LogP contribution is -2.41. The van der Waals surface area contributed by atoms with Crippen LogP contribution in [0.4, 0.5) is 4.79 Å². The molecular formula is C18H24N4O3. The molecule has 0 saturated carbocycles. The zero-order valence-corrected chi connectivity index (χ0v) is 14.7. The summed E-state index contributed by atoms with van der Waals surface area (Å²) >= 11 is 0. The molecule has 1 saturated heterocycles. The summed E-state index contributed by atoms with van der Waals surface area (Å²) in [6, 6.07) is 7.79. The van der Waals surface area contributed by atoms with Crippen molar-refractivity contribution in [3.63, 3.8) is 0 Å². The quantitative estimate of drug-likeness (QED) is 0.869. The molecule has 0 bridgehead atoms. The van der Waals surface area contributed by atoms with Gasteiger partial charge in [0.05, 0.1) is 16.4 Å². The number of hydrogen-bond acceptors (Lipinski definition) is 3. The molecule has 1 atom stereocenters. The highest BCUT2D eigenvalue weighted by Gasteiger charge is 2.42. The van der Waals surface area contributed by atoms with Gasteiger partial charge in [0.25, 0.3) is 0 Å². The van der Waals surface area contributed by atoms with Gasteiger partial charge in [0.2, 0.25) is 0 Å². The number of carboxylic acid groups (broad SMARTS) is 1. The van der Waals surface area contributed by atoms with Crippen LogP contribution >= 0.6 is 0 Å². The number of likely N-dealkylation sites (tertiary alicyclic amines) is 1. The number of aryl methyl sites for hydroxylation is 1. The third kappa shape index (κ3) is 3.31. The van der Waals surface area contributed by atoms with Crippen LogP contribution in [0, 0.1) is 5.41 Å². The fourth-order valence-corrected chi connectivity index (χ4v) is 3.37. The summed E-state index contributed by atoms with van der Waals surface area (Å²) in [5.41, 5.74) is 1.22. The van der Waals surface area contributed by atoms with Crippen molar-refractivity contribution in [2.24, 2.45) is 5.41 Å². The first-order chi connectivity index (χ1) is 11.9. The van der Waals surface area contributed by atoms with Gasteiger partial charge >= 0.3 is 12.0 Å². The molecule has 0 radical (unpaired) electrons. The Morgan fingerprint density at radius 2 is 2.12 bits per heavy atom. The van der Waals surface area contributed by atoms with Gasteiger partial charge in [0.15, 0.2) is 0 Å². The van der Waals surface area contributed by atoms with Crippen LogP contribution in [0.15, 0.2) is 24.3 Å². The van der Waals surface area contributed by atoms with Crippen LogP contribution in [-0.2, 0) is 17.8 Å². The van der Waals surface area contributed by atoms with E-state index in [0.29, 0.717) is 25.9 Å². The summed E-state index contributed by atoms with van der Waals surface area (Å²) in [7, 11) is 0. The van der Waals surface area contributed by atoms with Gasteiger partial charge in [-0.25, -0.2) is 9.78 Å². The maximum Gasteiger partial charge on any atom is 0.317 e. The number of fused-ring (bicyclic) bond motifs is 1. The average molecular weight is 344 g/mol. The fourth-order valence-electron chi connectivity index (χ4n) is 3.37. The number of carboxylic acids is 1. The van der Waals surface area contributed by atoms with E-state index in [2.05, 4.69) is 21.8 Å². The number of aromatic nitrogens is 2. The van der Waals surface area contributed by atoms with Gasteiger partial charge in [-0.2, -0.15) is 0 Å². The van der Waals surface area contributed by atoms with Crippen LogP contribution in [0.25, 0.3) is 11.0 Å². The first-order valence-corrected chi connectivity index (χ1v) is 8.65. The Hall–Kier alpha value is -2.57. The second kappa shape index (κ2) is 6.74. The van der Waals surface area contributed by atoms with E-state index in [4.69, 9.17) is 0 Å². The maximum absolute atomic E-state index is 12.3. The molecule has 0 aliphatic carbocycles. The van der Waals surface area contributed by atoms with Gasteiger partial charge in [-0.05, 0) is 32.4 Å². The summed E-state index contributed by atoms with van der Waals surface area (Å²) in [5, 5.41) is 12.1. The highest BCUT2D eigenvalue weighted by atomic mass is 16.4. The molecule has 3 rings (SSSR count). The minimum absolute atomic E-state index is 0.205. The molecule has 2 amide bonds. The van der Waals surface area contributed by atoms with Crippen LogP contribution in [0.2, 0.25) is 0 Å². The number of nitrogens with zero attached hydrogens (tertiary/aromatic N) is 3.